The van der Waals surface area contributed by atoms with Gasteiger partial charge in [-0.2, -0.15) is 0 Å². The number of hydrogen-bond donors (Lipinski definition) is 1. The average Bonchev–Trinajstić information content (AvgIpc) is 2.68. The highest BCUT2D eigenvalue weighted by Gasteiger charge is 2.09. The molecule has 0 saturated heterocycles. The molecule has 4 aromatic rings. The maximum atomic E-state index is 5.96. The fourth-order valence-electron chi connectivity index (χ4n) is 3.10. The highest BCUT2D eigenvalue weighted by Crippen LogP contribution is 2.30. The molecule has 2 aromatic heterocycles. The summed E-state index contributed by atoms with van der Waals surface area (Å²) in [6.07, 6.45) is 2.69. The van der Waals surface area contributed by atoms with Gasteiger partial charge in [0, 0.05) is 28.3 Å². The van der Waals surface area contributed by atoms with Crippen LogP contribution in [0, 0.1) is 0 Å². The van der Waals surface area contributed by atoms with Crippen LogP contribution in [0.2, 0.25) is 0 Å². The molecule has 2 aromatic carbocycles. The predicted molar refractivity (Wildman–Crippen MR) is 104 cm³/mol. The minimum absolute atomic E-state index is 0.601. The summed E-state index contributed by atoms with van der Waals surface area (Å²) in [7, 11) is 0. The molecule has 3 heteroatoms. The maximum absolute atomic E-state index is 5.96. The van der Waals surface area contributed by atoms with Crippen molar-refractivity contribution in [3.63, 3.8) is 0 Å². The van der Waals surface area contributed by atoms with Crippen molar-refractivity contribution in [1.82, 2.24) is 9.97 Å². The first-order valence-electron chi connectivity index (χ1n) is 8.46. The molecule has 0 atom stereocenters. The molecule has 0 spiro atoms. The zero-order valence-electron chi connectivity index (χ0n) is 14.1. The zero-order valence-corrected chi connectivity index (χ0v) is 14.1. The number of fused-ring (bicyclic) bond motifs is 1. The van der Waals surface area contributed by atoms with Gasteiger partial charge in [0.2, 0.25) is 0 Å². The number of pyridine rings is 2. The van der Waals surface area contributed by atoms with E-state index >= 15 is 0 Å². The molecule has 0 radical (unpaired) electrons. The number of aromatic nitrogens is 2. The molecule has 4 rings (SSSR count). The summed E-state index contributed by atoms with van der Waals surface area (Å²) in [4.78, 5) is 9.30. The van der Waals surface area contributed by atoms with Crippen LogP contribution in [0.4, 0.5) is 5.82 Å². The molecule has 0 aliphatic rings. The lowest BCUT2D eigenvalue weighted by Crippen LogP contribution is -1.97. The third kappa shape index (κ3) is 2.85. The summed E-state index contributed by atoms with van der Waals surface area (Å²) in [6.45, 7) is 2.09. The van der Waals surface area contributed by atoms with E-state index in [-0.39, 0.29) is 0 Å². The summed E-state index contributed by atoms with van der Waals surface area (Å²) in [5.41, 5.74) is 12.2. The topological polar surface area (TPSA) is 51.8 Å². The van der Waals surface area contributed by atoms with E-state index in [9.17, 15) is 0 Å². The van der Waals surface area contributed by atoms with Crippen molar-refractivity contribution >= 4 is 16.7 Å². The summed E-state index contributed by atoms with van der Waals surface area (Å²) in [5, 5.41) is 1.12. The minimum Gasteiger partial charge on any atom is -0.383 e. The summed E-state index contributed by atoms with van der Waals surface area (Å²) in [6, 6.07) is 22.8. The van der Waals surface area contributed by atoms with Gasteiger partial charge in [-0.25, -0.2) is 9.97 Å². The van der Waals surface area contributed by atoms with Crippen molar-refractivity contribution in [2.45, 2.75) is 13.3 Å². The van der Waals surface area contributed by atoms with Crippen LogP contribution in [0.25, 0.3) is 33.3 Å². The molecule has 0 aliphatic carbocycles. The third-order valence-electron chi connectivity index (χ3n) is 4.48. The Labute approximate surface area is 147 Å². The number of hydrogen-bond acceptors (Lipinski definition) is 3. The van der Waals surface area contributed by atoms with Crippen molar-refractivity contribution in [2.75, 3.05) is 5.73 Å². The van der Waals surface area contributed by atoms with Crippen LogP contribution < -0.4 is 5.73 Å². The Morgan fingerprint density at radius 2 is 1.72 bits per heavy atom. The highest BCUT2D eigenvalue weighted by atomic mass is 14.8. The SMILES string of the molecule is CCc1cc(-c2cccc3ccc(-c4ccccc4)nc23)cnc1N. The maximum Gasteiger partial charge on any atom is 0.126 e. The molecule has 122 valence electrons. The third-order valence-corrected chi connectivity index (χ3v) is 4.48. The number of aryl methyl sites for hydroxylation is 1. The number of rotatable bonds is 3. The Kier molecular flexibility index (Phi) is 3.90. The average molecular weight is 325 g/mol. The molecule has 0 amide bonds. The fourth-order valence-corrected chi connectivity index (χ4v) is 3.10. The first-order chi connectivity index (χ1) is 12.3. The van der Waals surface area contributed by atoms with E-state index in [1.54, 1.807) is 0 Å². The van der Waals surface area contributed by atoms with Crippen LogP contribution >= 0.6 is 0 Å². The second-order valence-electron chi connectivity index (χ2n) is 6.06. The van der Waals surface area contributed by atoms with E-state index in [2.05, 4.69) is 60.4 Å². The van der Waals surface area contributed by atoms with E-state index < -0.39 is 0 Å². The summed E-state index contributed by atoms with van der Waals surface area (Å²) in [5.74, 6) is 0.601. The van der Waals surface area contributed by atoms with Crippen molar-refractivity contribution < 1.29 is 0 Å². The van der Waals surface area contributed by atoms with E-state index in [0.717, 1.165) is 45.3 Å². The number of nitrogen functional groups attached to an aromatic ring is 1. The number of benzene rings is 2. The van der Waals surface area contributed by atoms with Gasteiger partial charge in [0.15, 0.2) is 0 Å². The number of anilines is 1. The molecule has 0 fully saturated rings. The second-order valence-corrected chi connectivity index (χ2v) is 6.06. The van der Waals surface area contributed by atoms with Gasteiger partial charge in [-0.15, -0.1) is 0 Å². The van der Waals surface area contributed by atoms with Crippen LogP contribution in [-0.4, -0.2) is 9.97 Å². The lowest BCUT2D eigenvalue weighted by atomic mass is 10.0. The molecular weight excluding hydrogens is 306 g/mol. The van der Waals surface area contributed by atoms with Crippen LogP contribution in [0.3, 0.4) is 0 Å². The summed E-state index contributed by atoms with van der Waals surface area (Å²) < 4.78 is 0. The molecule has 0 aliphatic heterocycles. The molecule has 0 unspecified atom stereocenters. The van der Waals surface area contributed by atoms with Crippen LogP contribution in [0.5, 0.6) is 0 Å². The van der Waals surface area contributed by atoms with E-state index in [0.29, 0.717) is 5.82 Å². The normalized spacial score (nSPS) is 10.9. The smallest absolute Gasteiger partial charge is 0.126 e. The van der Waals surface area contributed by atoms with E-state index in [1.807, 2.05) is 24.4 Å². The fraction of sp³-hybridized carbons (Fsp3) is 0.0909. The summed E-state index contributed by atoms with van der Waals surface area (Å²) >= 11 is 0. The Morgan fingerprint density at radius 3 is 2.52 bits per heavy atom. The van der Waals surface area contributed by atoms with Gasteiger partial charge >= 0.3 is 0 Å². The van der Waals surface area contributed by atoms with Crippen molar-refractivity contribution in [2.24, 2.45) is 0 Å². The largest absolute Gasteiger partial charge is 0.383 e. The standard InChI is InChI=1S/C22H19N3/c1-2-15-13-18(14-24-22(15)23)19-10-6-9-17-11-12-20(25-21(17)19)16-7-4-3-5-8-16/h3-14H,2H2,1H3,(H2,23,24). The number of nitrogens with two attached hydrogens (primary N) is 1. The predicted octanol–water partition coefficient (Wildman–Crippen LogP) is 5.11. The van der Waals surface area contributed by atoms with Gasteiger partial charge < -0.3 is 5.73 Å². The van der Waals surface area contributed by atoms with E-state index in [4.69, 9.17) is 10.7 Å². The molecular formula is C22H19N3. The van der Waals surface area contributed by atoms with Gasteiger partial charge in [-0.05, 0) is 24.1 Å². The van der Waals surface area contributed by atoms with Crippen LogP contribution in [0.15, 0.2) is 72.9 Å². The molecule has 0 saturated carbocycles. The quantitative estimate of drug-likeness (QED) is 0.569. The molecule has 2 heterocycles. The highest BCUT2D eigenvalue weighted by molar-refractivity contribution is 5.95. The van der Waals surface area contributed by atoms with Crippen LogP contribution in [0.1, 0.15) is 12.5 Å². The monoisotopic (exact) mass is 325 g/mol. The lowest BCUT2D eigenvalue weighted by molar-refractivity contribution is 1.11. The molecule has 25 heavy (non-hydrogen) atoms. The van der Waals surface area contributed by atoms with Gasteiger partial charge in [-0.3, -0.25) is 0 Å². The molecule has 0 bridgehead atoms. The Bertz CT molecular complexity index is 1040. The Balaban J connectivity index is 1.92. The Hall–Kier alpha value is -3.20. The van der Waals surface area contributed by atoms with E-state index in [1.165, 1.54) is 0 Å². The van der Waals surface area contributed by atoms with Crippen molar-refractivity contribution in [1.29, 1.82) is 0 Å². The first kappa shape index (κ1) is 15.3. The first-order valence-corrected chi connectivity index (χ1v) is 8.46. The number of para-hydroxylation sites is 1. The lowest BCUT2D eigenvalue weighted by Gasteiger charge is -2.10. The number of nitrogens with zero attached hydrogens (tertiary/aromatic N) is 2. The van der Waals surface area contributed by atoms with Gasteiger partial charge in [0.25, 0.3) is 0 Å². The zero-order chi connectivity index (χ0) is 17.2. The van der Waals surface area contributed by atoms with Gasteiger partial charge in [-0.1, -0.05) is 61.5 Å². The van der Waals surface area contributed by atoms with Crippen molar-refractivity contribution in [3.05, 3.63) is 78.5 Å². The van der Waals surface area contributed by atoms with Gasteiger partial charge in [0.1, 0.15) is 5.82 Å². The van der Waals surface area contributed by atoms with Crippen molar-refractivity contribution in [3.8, 4) is 22.4 Å². The molecule has 3 nitrogen and oxygen atoms in total. The Morgan fingerprint density at radius 1 is 0.880 bits per heavy atom. The molecule has 2 N–H and O–H groups in total. The van der Waals surface area contributed by atoms with Gasteiger partial charge in [0.05, 0.1) is 11.2 Å². The minimum atomic E-state index is 0.601. The van der Waals surface area contributed by atoms with Crippen LogP contribution in [-0.2, 0) is 6.42 Å². The second kappa shape index (κ2) is 6.36.